The lowest BCUT2D eigenvalue weighted by molar-refractivity contribution is -0.124. The monoisotopic (exact) mass is 326 g/mol. The Morgan fingerprint density at radius 2 is 2.25 bits per heavy atom. The lowest BCUT2D eigenvalue weighted by atomic mass is 10.0. The summed E-state index contributed by atoms with van der Waals surface area (Å²) in [5.74, 6) is -0.528. The first-order valence-electron chi connectivity index (χ1n) is 8.20. The van der Waals surface area contributed by atoms with Gasteiger partial charge in [0.05, 0.1) is 6.20 Å². The van der Waals surface area contributed by atoms with E-state index in [0.717, 1.165) is 25.1 Å². The molecule has 6 heteroatoms. The Kier molecular flexibility index (Phi) is 5.40. The minimum atomic E-state index is -0.528. The molecule has 0 bridgehead atoms. The van der Waals surface area contributed by atoms with Crippen LogP contribution in [0.15, 0.2) is 42.7 Å². The third kappa shape index (κ3) is 4.10. The van der Waals surface area contributed by atoms with E-state index in [9.17, 15) is 4.79 Å². The summed E-state index contributed by atoms with van der Waals surface area (Å²) < 4.78 is 0. The van der Waals surface area contributed by atoms with Crippen molar-refractivity contribution in [1.29, 1.82) is 0 Å². The zero-order chi connectivity index (χ0) is 16.8. The Labute approximate surface area is 141 Å². The van der Waals surface area contributed by atoms with E-state index in [-0.39, 0.29) is 0 Å². The van der Waals surface area contributed by atoms with Crippen LogP contribution in [0, 0.1) is 0 Å². The van der Waals surface area contributed by atoms with Crippen molar-refractivity contribution in [2.24, 2.45) is 0 Å². The van der Waals surface area contributed by atoms with E-state index in [1.54, 1.807) is 11.6 Å². The number of benzene rings is 1. The number of aromatic amines is 1. The molecule has 6 nitrogen and oxygen atoms in total. The molecule has 0 saturated carbocycles. The third-order valence-corrected chi connectivity index (χ3v) is 4.46. The average Bonchev–Trinajstić information content (AvgIpc) is 3.29. The summed E-state index contributed by atoms with van der Waals surface area (Å²) in [6, 6.07) is 8.71. The van der Waals surface area contributed by atoms with Crippen molar-refractivity contribution < 1.29 is 10.0 Å². The first kappa shape index (κ1) is 16.4. The number of hydrogen-bond acceptors (Lipinski definition) is 4. The van der Waals surface area contributed by atoms with E-state index < -0.39 is 5.91 Å². The summed E-state index contributed by atoms with van der Waals surface area (Å²) in [5, 5.41) is 15.3. The van der Waals surface area contributed by atoms with E-state index >= 15 is 0 Å². The Bertz CT molecular complexity index is 680. The topological polar surface area (TPSA) is 81.2 Å². The average molecular weight is 326 g/mol. The number of H-pyrrole nitrogens is 1. The number of hydrogen-bond donors (Lipinski definition) is 3. The molecule has 126 valence electrons. The first-order valence-corrected chi connectivity index (χ1v) is 8.20. The van der Waals surface area contributed by atoms with E-state index in [4.69, 9.17) is 5.21 Å². The van der Waals surface area contributed by atoms with Crippen molar-refractivity contribution in [2.75, 3.05) is 13.1 Å². The molecule has 1 saturated heterocycles. The Balaban J connectivity index is 1.62. The van der Waals surface area contributed by atoms with Crippen LogP contribution in [0.3, 0.4) is 0 Å². The standard InChI is InChI=1S/C18H22N4O2/c23-18(21-24)8-5-14-3-6-16(7-4-14)17-2-1-10-22(17)11-9-15-12-19-20-13-15/h3-8,12-13,17,24H,1-2,9-11H2,(H,19,20)(H,21,23)/b8-5+/t17-/m0/s1. The molecule has 1 aliphatic rings. The van der Waals surface area contributed by atoms with Crippen LogP contribution in [0.1, 0.15) is 35.6 Å². The van der Waals surface area contributed by atoms with Gasteiger partial charge >= 0.3 is 0 Å². The van der Waals surface area contributed by atoms with Gasteiger partial charge in [-0.3, -0.25) is 20.0 Å². The fourth-order valence-corrected chi connectivity index (χ4v) is 3.20. The van der Waals surface area contributed by atoms with Crippen LogP contribution in [0.2, 0.25) is 0 Å². The molecule has 1 atom stereocenters. The van der Waals surface area contributed by atoms with Crippen molar-refractivity contribution in [3.8, 4) is 0 Å². The largest absolute Gasteiger partial charge is 0.296 e. The molecule has 0 unspecified atom stereocenters. The number of amides is 1. The number of carbonyl (C=O) groups is 1. The number of carbonyl (C=O) groups excluding carboxylic acids is 1. The predicted octanol–water partition coefficient (Wildman–Crippen LogP) is 2.31. The maximum atomic E-state index is 11.0. The first-order chi connectivity index (χ1) is 11.8. The lowest BCUT2D eigenvalue weighted by Gasteiger charge is -2.24. The number of nitrogens with zero attached hydrogens (tertiary/aromatic N) is 2. The quantitative estimate of drug-likeness (QED) is 0.432. The van der Waals surface area contributed by atoms with Gasteiger partial charge in [0.1, 0.15) is 0 Å². The summed E-state index contributed by atoms with van der Waals surface area (Å²) in [5.41, 5.74) is 5.07. The van der Waals surface area contributed by atoms with Gasteiger partial charge in [-0.2, -0.15) is 5.10 Å². The third-order valence-electron chi connectivity index (χ3n) is 4.46. The highest BCUT2D eigenvalue weighted by Gasteiger charge is 2.25. The van der Waals surface area contributed by atoms with Gasteiger partial charge in [-0.1, -0.05) is 24.3 Å². The van der Waals surface area contributed by atoms with E-state index in [1.807, 2.05) is 24.5 Å². The maximum Gasteiger partial charge on any atom is 0.267 e. The zero-order valence-corrected chi connectivity index (χ0v) is 13.5. The molecule has 0 spiro atoms. The maximum absolute atomic E-state index is 11.0. The van der Waals surface area contributed by atoms with Crippen molar-refractivity contribution in [2.45, 2.75) is 25.3 Å². The molecule has 3 N–H and O–H groups in total. The van der Waals surface area contributed by atoms with E-state index in [2.05, 4.69) is 27.2 Å². The summed E-state index contributed by atoms with van der Waals surface area (Å²) in [6.07, 6.45) is 10.2. The number of aromatic nitrogens is 2. The van der Waals surface area contributed by atoms with Gasteiger partial charge in [-0.25, -0.2) is 5.48 Å². The highest BCUT2D eigenvalue weighted by atomic mass is 16.5. The van der Waals surface area contributed by atoms with E-state index in [0.29, 0.717) is 6.04 Å². The minimum Gasteiger partial charge on any atom is -0.296 e. The number of nitrogens with one attached hydrogen (secondary N) is 2. The van der Waals surface area contributed by atoms with Gasteiger partial charge in [0, 0.05) is 24.9 Å². The van der Waals surface area contributed by atoms with Gasteiger partial charge < -0.3 is 0 Å². The van der Waals surface area contributed by atoms with Crippen molar-refractivity contribution in [3.05, 3.63) is 59.4 Å². The molecule has 24 heavy (non-hydrogen) atoms. The molecule has 1 aliphatic heterocycles. The normalized spacial score (nSPS) is 18.3. The fraction of sp³-hybridized carbons (Fsp3) is 0.333. The Hall–Kier alpha value is -2.44. The summed E-state index contributed by atoms with van der Waals surface area (Å²) in [4.78, 5) is 13.5. The van der Waals surface area contributed by atoms with E-state index in [1.165, 1.54) is 30.0 Å². The molecule has 1 amide bonds. The van der Waals surface area contributed by atoms with Crippen LogP contribution in [0.4, 0.5) is 0 Å². The zero-order valence-electron chi connectivity index (χ0n) is 13.5. The summed E-state index contributed by atoms with van der Waals surface area (Å²) >= 11 is 0. The minimum absolute atomic E-state index is 0.454. The SMILES string of the molecule is O=C(/C=C/c1ccc([C@@H]2CCCN2CCc2cn[nH]c2)cc1)NO. The van der Waals surface area contributed by atoms with Crippen molar-refractivity contribution in [3.63, 3.8) is 0 Å². The van der Waals surface area contributed by atoms with Gasteiger partial charge in [0.15, 0.2) is 0 Å². The molecular weight excluding hydrogens is 304 g/mol. The van der Waals surface area contributed by atoms with Gasteiger partial charge in [-0.05, 0) is 48.6 Å². The summed E-state index contributed by atoms with van der Waals surface area (Å²) in [7, 11) is 0. The molecule has 1 aromatic heterocycles. The highest BCUT2D eigenvalue weighted by Crippen LogP contribution is 2.32. The molecule has 1 fully saturated rings. The molecule has 3 rings (SSSR count). The van der Waals surface area contributed by atoms with Gasteiger partial charge in [-0.15, -0.1) is 0 Å². The van der Waals surface area contributed by atoms with Crippen molar-refractivity contribution in [1.82, 2.24) is 20.6 Å². The number of rotatable bonds is 6. The molecule has 0 radical (unpaired) electrons. The molecular formula is C18H22N4O2. The Morgan fingerprint density at radius 3 is 2.96 bits per heavy atom. The van der Waals surface area contributed by atoms with Crippen LogP contribution in [-0.2, 0) is 11.2 Å². The lowest BCUT2D eigenvalue weighted by Crippen LogP contribution is -2.25. The fourth-order valence-electron chi connectivity index (χ4n) is 3.20. The second-order valence-corrected chi connectivity index (χ2v) is 6.03. The predicted molar refractivity (Wildman–Crippen MR) is 91.2 cm³/mol. The van der Waals surface area contributed by atoms with Crippen LogP contribution >= 0.6 is 0 Å². The highest BCUT2D eigenvalue weighted by molar-refractivity contribution is 5.90. The molecule has 1 aromatic carbocycles. The van der Waals surface area contributed by atoms with Crippen LogP contribution in [-0.4, -0.2) is 39.3 Å². The second kappa shape index (κ2) is 7.90. The van der Waals surface area contributed by atoms with Crippen LogP contribution in [0.25, 0.3) is 6.08 Å². The van der Waals surface area contributed by atoms with Gasteiger partial charge in [0.2, 0.25) is 0 Å². The summed E-state index contributed by atoms with van der Waals surface area (Å²) in [6.45, 7) is 2.16. The van der Waals surface area contributed by atoms with Crippen LogP contribution < -0.4 is 5.48 Å². The number of hydroxylamine groups is 1. The number of likely N-dealkylation sites (tertiary alicyclic amines) is 1. The second-order valence-electron chi connectivity index (χ2n) is 6.03. The molecule has 2 heterocycles. The Morgan fingerprint density at radius 1 is 1.42 bits per heavy atom. The molecule has 2 aromatic rings. The molecule has 0 aliphatic carbocycles. The van der Waals surface area contributed by atoms with Crippen LogP contribution in [0.5, 0.6) is 0 Å². The van der Waals surface area contributed by atoms with Gasteiger partial charge in [0.25, 0.3) is 5.91 Å². The smallest absolute Gasteiger partial charge is 0.267 e. The van der Waals surface area contributed by atoms with Crippen molar-refractivity contribution >= 4 is 12.0 Å².